The molecule has 2 aromatic rings. The number of halogens is 7. The average Bonchev–Trinajstić information content (AvgIpc) is 2.74. The highest BCUT2D eigenvalue weighted by molar-refractivity contribution is 5.31. The predicted molar refractivity (Wildman–Crippen MR) is 99.5 cm³/mol. The largest absolute Gasteiger partial charge is 0.429 e. The monoisotopic (exact) mass is 466 g/mol. The Bertz CT molecular complexity index is 920. The molecule has 3 nitrogen and oxygen atoms in total. The summed E-state index contributed by atoms with van der Waals surface area (Å²) < 4.78 is 112. The van der Waals surface area contributed by atoms with Gasteiger partial charge in [-0.15, -0.1) is 0 Å². The Morgan fingerprint density at radius 2 is 1.53 bits per heavy atom. The van der Waals surface area contributed by atoms with Gasteiger partial charge in [0.2, 0.25) is 0 Å². The van der Waals surface area contributed by atoms with Crippen LogP contribution in [0.4, 0.5) is 30.7 Å². The molecular weight excluding hydrogens is 445 g/mol. The average molecular weight is 466 g/mol. The molecule has 1 aliphatic heterocycles. The third kappa shape index (κ3) is 5.35. The molecule has 3 rings (SSSR count). The Morgan fingerprint density at radius 3 is 2.12 bits per heavy atom. The molecule has 0 atom stereocenters. The van der Waals surface area contributed by atoms with E-state index in [4.69, 9.17) is 9.47 Å². The molecule has 0 aliphatic carbocycles. The number of unbranched alkanes of at least 4 members (excludes halogenated alkanes) is 2. The smallest absolute Gasteiger partial charge is 0.429 e. The van der Waals surface area contributed by atoms with Crippen LogP contribution in [-0.2, 0) is 15.6 Å². The van der Waals surface area contributed by atoms with Crippen LogP contribution in [0.3, 0.4) is 0 Å². The first-order valence-electron chi connectivity index (χ1n) is 10.1. The van der Waals surface area contributed by atoms with Gasteiger partial charge in [-0.1, -0.05) is 32.3 Å². The van der Waals surface area contributed by atoms with Gasteiger partial charge in [0.15, 0.2) is 35.4 Å². The van der Waals surface area contributed by atoms with Gasteiger partial charge in [0, 0.05) is 23.6 Å². The van der Waals surface area contributed by atoms with E-state index in [0.29, 0.717) is 6.07 Å². The minimum Gasteiger partial charge on any atom is -0.429 e. The van der Waals surface area contributed by atoms with Crippen molar-refractivity contribution in [3.05, 3.63) is 64.5 Å². The van der Waals surface area contributed by atoms with Crippen LogP contribution >= 0.6 is 0 Å². The molecule has 0 aromatic heterocycles. The second-order valence-electron chi connectivity index (χ2n) is 7.51. The molecule has 0 spiro atoms. The maximum absolute atomic E-state index is 14.5. The Balaban J connectivity index is 1.74. The van der Waals surface area contributed by atoms with E-state index in [1.165, 1.54) is 0 Å². The van der Waals surface area contributed by atoms with E-state index in [1.807, 2.05) is 0 Å². The zero-order chi connectivity index (χ0) is 23.5. The van der Waals surface area contributed by atoms with Crippen molar-refractivity contribution in [1.29, 1.82) is 0 Å². The lowest BCUT2D eigenvalue weighted by molar-refractivity contribution is -0.208. The molecule has 0 N–H and O–H groups in total. The van der Waals surface area contributed by atoms with E-state index in [-0.39, 0.29) is 31.3 Å². The number of hydrogen-bond acceptors (Lipinski definition) is 3. The summed E-state index contributed by atoms with van der Waals surface area (Å²) in [6.07, 6.45) is -1.85. The van der Waals surface area contributed by atoms with Crippen molar-refractivity contribution in [1.82, 2.24) is 0 Å². The van der Waals surface area contributed by atoms with E-state index < -0.39 is 58.4 Å². The van der Waals surface area contributed by atoms with Crippen molar-refractivity contribution in [2.45, 2.75) is 45.0 Å². The molecule has 10 heteroatoms. The van der Waals surface area contributed by atoms with Gasteiger partial charge in [-0.25, -0.2) is 22.0 Å². The molecule has 0 saturated carbocycles. The second kappa shape index (κ2) is 10.1. The fourth-order valence-electron chi connectivity index (χ4n) is 3.34. The lowest BCUT2D eigenvalue weighted by Gasteiger charge is -2.30. The highest BCUT2D eigenvalue weighted by atomic mass is 19.3. The van der Waals surface area contributed by atoms with Crippen LogP contribution in [0, 0.1) is 35.0 Å². The van der Waals surface area contributed by atoms with Crippen molar-refractivity contribution in [3.63, 3.8) is 0 Å². The fraction of sp³-hybridized carbons (Fsp3) is 0.455. The maximum Gasteiger partial charge on any atom is 0.429 e. The Hall–Kier alpha value is -2.33. The molecule has 0 bridgehead atoms. The molecule has 1 saturated heterocycles. The molecule has 1 fully saturated rings. The Morgan fingerprint density at radius 1 is 0.906 bits per heavy atom. The molecule has 0 radical (unpaired) electrons. The molecule has 0 unspecified atom stereocenters. The van der Waals surface area contributed by atoms with Crippen molar-refractivity contribution in [2.24, 2.45) is 5.92 Å². The highest BCUT2D eigenvalue weighted by Gasteiger charge is 2.40. The standard InChI is InChI=1S/C22H21F7O3/c1-2-3-4-5-12-10-30-21(31-11-12)14-6-7-15(19(26)18(14)25)22(28,29)32-13-8-16(23)20(27)17(24)9-13/h6-9,12,21H,2-5,10-11H2,1H3. The van der Waals surface area contributed by atoms with Crippen LogP contribution in [0.15, 0.2) is 24.3 Å². The van der Waals surface area contributed by atoms with Crippen LogP contribution in [-0.4, -0.2) is 13.2 Å². The van der Waals surface area contributed by atoms with E-state index >= 15 is 0 Å². The summed E-state index contributed by atoms with van der Waals surface area (Å²) in [5, 5.41) is 0. The predicted octanol–water partition coefficient (Wildman–Crippen LogP) is 6.75. The van der Waals surface area contributed by atoms with Crippen LogP contribution < -0.4 is 4.74 Å². The number of rotatable bonds is 8. The van der Waals surface area contributed by atoms with Crippen molar-refractivity contribution in [3.8, 4) is 5.75 Å². The van der Waals surface area contributed by atoms with E-state index in [9.17, 15) is 30.7 Å². The van der Waals surface area contributed by atoms with Crippen LogP contribution in [0.1, 0.15) is 50.0 Å². The zero-order valence-corrected chi connectivity index (χ0v) is 17.1. The summed E-state index contributed by atoms with van der Waals surface area (Å²) in [5.74, 6) is -10.0. The van der Waals surface area contributed by atoms with Gasteiger partial charge in [-0.3, -0.25) is 0 Å². The van der Waals surface area contributed by atoms with Gasteiger partial charge in [0.1, 0.15) is 11.3 Å². The molecule has 0 amide bonds. The summed E-state index contributed by atoms with van der Waals surface area (Å²) in [5.41, 5.74) is -1.93. The SMILES string of the molecule is CCCCCC1COC(c2ccc(C(F)(F)Oc3cc(F)c(F)c(F)c3)c(F)c2F)OC1. The third-order valence-corrected chi connectivity index (χ3v) is 5.07. The summed E-state index contributed by atoms with van der Waals surface area (Å²) in [4.78, 5) is 0. The molecule has 1 heterocycles. The highest BCUT2D eigenvalue weighted by Crippen LogP contribution is 2.37. The number of alkyl halides is 2. The van der Waals surface area contributed by atoms with Crippen molar-refractivity contribution in [2.75, 3.05) is 13.2 Å². The van der Waals surface area contributed by atoms with E-state index in [1.54, 1.807) is 0 Å². The molecular formula is C22H21F7O3. The first kappa shape index (κ1) is 24.3. The van der Waals surface area contributed by atoms with Crippen LogP contribution in [0.25, 0.3) is 0 Å². The molecule has 2 aromatic carbocycles. The van der Waals surface area contributed by atoms with Crippen molar-refractivity contribution >= 4 is 0 Å². The molecule has 1 aliphatic rings. The van der Waals surface area contributed by atoms with E-state index in [0.717, 1.165) is 31.7 Å². The third-order valence-electron chi connectivity index (χ3n) is 5.07. The maximum atomic E-state index is 14.5. The lowest BCUT2D eigenvalue weighted by atomic mass is 10.0. The number of hydrogen-bond donors (Lipinski definition) is 0. The summed E-state index contributed by atoms with van der Waals surface area (Å²) in [6.45, 7) is 2.56. The summed E-state index contributed by atoms with van der Waals surface area (Å²) >= 11 is 0. The van der Waals surface area contributed by atoms with Gasteiger partial charge in [-0.2, -0.15) is 8.78 Å². The van der Waals surface area contributed by atoms with Crippen LogP contribution in [0.5, 0.6) is 5.75 Å². The zero-order valence-electron chi connectivity index (χ0n) is 17.1. The van der Waals surface area contributed by atoms with Crippen LogP contribution in [0.2, 0.25) is 0 Å². The second-order valence-corrected chi connectivity index (χ2v) is 7.51. The minimum atomic E-state index is -4.52. The summed E-state index contributed by atoms with van der Waals surface area (Å²) in [6, 6.07) is 1.74. The van der Waals surface area contributed by atoms with Gasteiger partial charge < -0.3 is 14.2 Å². The van der Waals surface area contributed by atoms with E-state index in [2.05, 4.69) is 11.7 Å². The first-order valence-corrected chi connectivity index (χ1v) is 10.1. The molecule has 176 valence electrons. The van der Waals surface area contributed by atoms with Gasteiger partial charge in [0.05, 0.1) is 13.2 Å². The number of ether oxygens (including phenoxy) is 3. The van der Waals surface area contributed by atoms with Crippen molar-refractivity contribution < 1.29 is 44.9 Å². The lowest BCUT2D eigenvalue weighted by Crippen LogP contribution is -2.29. The van der Waals surface area contributed by atoms with Gasteiger partial charge in [-0.05, 0) is 12.5 Å². The normalized spacial score (nSPS) is 19.2. The number of benzene rings is 2. The quantitative estimate of drug-likeness (QED) is 0.245. The first-order chi connectivity index (χ1) is 15.1. The Labute approximate surface area is 180 Å². The molecule has 32 heavy (non-hydrogen) atoms. The minimum absolute atomic E-state index is 0.0965. The topological polar surface area (TPSA) is 27.7 Å². The van der Waals surface area contributed by atoms with Gasteiger partial charge >= 0.3 is 6.11 Å². The fourth-order valence-corrected chi connectivity index (χ4v) is 3.34. The van der Waals surface area contributed by atoms with Gasteiger partial charge in [0.25, 0.3) is 0 Å². The summed E-state index contributed by atoms with van der Waals surface area (Å²) in [7, 11) is 0. The Kier molecular flexibility index (Phi) is 7.66.